The zero-order chi connectivity index (χ0) is 29.0. The summed E-state index contributed by atoms with van der Waals surface area (Å²) in [4.78, 5) is 13.5. The van der Waals surface area contributed by atoms with Crippen LogP contribution in [0.3, 0.4) is 0 Å². The van der Waals surface area contributed by atoms with E-state index in [0.717, 1.165) is 42.6 Å². The summed E-state index contributed by atoms with van der Waals surface area (Å²) in [6.07, 6.45) is -4.96. The van der Waals surface area contributed by atoms with Gasteiger partial charge in [0.05, 0.1) is 17.0 Å². The van der Waals surface area contributed by atoms with Gasteiger partial charge in [-0.05, 0) is 98.2 Å². The third kappa shape index (κ3) is 5.69. The highest BCUT2D eigenvalue weighted by atomic mass is 19.4. The Hall–Kier alpha value is -2.75. The van der Waals surface area contributed by atoms with E-state index in [2.05, 4.69) is 0 Å². The molecule has 218 valence electrons. The van der Waals surface area contributed by atoms with E-state index in [9.17, 15) is 36.2 Å². The number of ether oxygens (including phenoxy) is 1. The van der Waals surface area contributed by atoms with Gasteiger partial charge in [-0.25, -0.2) is 0 Å². The Kier molecular flexibility index (Phi) is 7.38. The standard InChI is InChI=1S/C30H33F6NO3/c1-17(27(38)39)26(20-4-5-20)21-6-3-19-9-10-28(40-25(19)15-21)11-13-37(14-12-28)18(2)23-16-22(29(31,32)33)7-8-24(23)30(34,35)36/h3,6-8,15-18,20,26H,4-5,9-14H2,1-2H3,(H,38,39)/t17-,18-,26?/m0/s1. The largest absolute Gasteiger partial charge is 0.487 e. The number of benzene rings is 2. The highest BCUT2D eigenvalue weighted by Crippen LogP contribution is 2.49. The molecule has 4 nitrogen and oxygen atoms in total. The van der Waals surface area contributed by atoms with Gasteiger partial charge in [0.15, 0.2) is 0 Å². The Morgan fingerprint density at radius 2 is 1.65 bits per heavy atom. The first-order valence-corrected chi connectivity index (χ1v) is 13.8. The van der Waals surface area contributed by atoms with E-state index >= 15 is 0 Å². The predicted octanol–water partition coefficient (Wildman–Crippen LogP) is 7.86. The quantitative estimate of drug-likeness (QED) is 0.360. The van der Waals surface area contributed by atoms with E-state index in [1.54, 1.807) is 11.8 Å². The number of nitrogens with zero attached hydrogens (tertiary/aromatic N) is 1. The summed E-state index contributed by atoms with van der Waals surface area (Å²) in [5.74, 6) is -0.384. The van der Waals surface area contributed by atoms with Crippen LogP contribution in [0.5, 0.6) is 5.75 Å². The van der Waals surface area contributed by atoms with Crippen molar-refractivity contribution < 1.29 is 41.0 Å². The lowest BCUT2D eigenvalue weighted by Gasteiger charge is -2.46. The molecule has 0 amide bonds. The maximum atomic E-state index is 13.7. The zero-order valence-electron chi connectivity index (χ0n) is 22.4. The molecule has 0 aromatic heterocycles. The van der Waals surface area contributed by atoms with Gasteiger partial charge in [0.1, 0.15) is 11.4 Å². The molecule has 1 spiro atoms. The molecule has 0 radical (unpaired) electrons. The van der Waals surface area contributed by atoms with Crippen LogP contribution < -0.4 is 4.74 Å². The predicted molar refractivity (Wildman–Crippen MR) is 136 cm³/mol. The Labute approximate surface area is 229 Å². The number of aliphatic carboxylic acids is 1. The summed E-state index contributed by atoms with van der Waals surface area (Å²) >= 11 is 0. The molecular weight excluding hydrogens is 536 g/mol. The molecule has 1 saturated heterocycles. The lowest BCUT2D eigenvalue weighted by atomic mass is 9.80. The summed E-state index contributed by atoms with van der Waals surface area (Å²) in [5.41, 5.74) is -1.05. The second-order valence-corrected chi connectivity index (χ2v) is 11.7. The molecule has 2 heterocycles. The third-order valence-electron chi connectivity index (χ3n) is 9.10. The van der Waals surface area contributed by atoms with Crippen molar-refractivity contribution in [3.63, 3.8) is 0 Å². The fraction of sp³-hybridized carbons (Fsp3) is 0.567. The van der Waals surface area contributed by atoms with Gasteiger partial charge in [-0.3, -0.25) is 9.69 Å². The van der Waals surface area contributed by atoms with Crippen molar-refractivity contribution in [2.24, 2.45) is 11.8 Å². The van der Waals surface area contributed by atoms with Gasteiger partial charge in [0.2, 0.25) is 0 Å². The number of likely N-dealkylation sites (tertiary alicyclic amines) is 1. The second kappa shape index (κ2) is 10.3. The van der Waals surface area contributed by atoms with Crippen molar-refractivity contribution >= 4 is 5.97 Å². The van der Waals surface area contributed by atoms with E-state index in [1.807, 2.05) is 18.2 Å². The van der Waals surface area contributed by atoms with Crippen LogP contribution in [0.15, 0.2) is 36.4 Å². The first-order chi connectivity index (χ1) is 18.7. The number of halogens is 6. The van der Waals surface area contributed by atoms with Gasteiger partial charge >= 0.3 is 18.3 Å². The summed E-state index contributed by atoms with van der Waals surface area (Å²) in [6, 6.07) is 6.74. The second-order valence-electron chi connectivity index (χ2n) is 11.7. The minimum absolute atomic E-state index is 0.0951. The molecule has 2 aliphatic heterocycles. The molecular formula is C30H33F6NO3. The SMILES string of the molecule is C[C@H](C(=O)O)C(c1ccc2c(c1)OC1(CC2)CCN([C@@H](C)c2cc(C(F)(F)F)ccc2C(F)(F)F)CC1)C1CC1. The Bertz CT molecular complexity index is 1260. The van der Waals surface area contributed by atoms with E-state index in [1.165, 1.54) is 6.92 Å². The number of piperidine rings is 1. The average molecular weight is 570 g/mol. The van der Waals surface area contributed by atoms with Crippen molar-refractivity contribution in [2.75, 3.05) is 13.1 Å². The molecule has 2 aromatic rings. The van der Waals surface area contributed by atoms with Crippen LogP contribution in [0.4, 0.5) is 26.3 Å². The number of rotatable bonds is 6. The fourth-order valence-electron chi connectivity index (χ4n) is 6.52. The van der Waals surface area contributed by atoms with Crippen molar-refractivity contribution in [1.29, 1.82) is 0 Å². The van der Waals surface area contributed by atoms with Gasteiger partial charge in [0, 0.05) is 19.1 Å². The van der Waals surface area contributed by atoms with Gasteiger partial charge in [-0.15, -0.1) is 0 Å². The van der Waals surface area contributed by atoms with Gasteiger partial charge in [-0.1, -0.05) is 19.1 Å². The first-order valence-electron chi connectivity index (χ1n) is 13.8. The van der Waals surface area contributed by atoms with Gasteiger partial charge in [0.25, 0.3) is 0 Å². The van der Waals surface area contributed by atoms with E-state index in [4.69, 9.17) is 4.74 Å². The molecule has 1 unspecified atom stereocenters. The van der Waals surface area contributed by atoms with Gasteiger partial charge in [-0.2, -0.15) is 26.3 Å². The highest BCUT2D eigenvalue weighted by Gasteiger charge is 2.44. The van der Waals surface area contributed by atoms with E-state index in [-0.39, 0.29) is 11.5 Å². The van der Waals surface area contributed by atoms with Crippen LogP contribution in [0.25, 0.3) is 0 Å². The topological polar surface area (TPSA) is 49.8 Å². The normalized spacial score (nSPS) is 21.8. The van der Waals surface area contributed by atoms with Crippen molar-refractivity contribution in [3.8, 4) is 5.75 Å². The number of carbonyl (C=O) groups is 1. The highest BCUT2D eigenvalue weighted by molar-refractivity contribution is 5.71. The smallest absolute Gasteiger partial charge is 0.416 e. The maximum Gasteiger partial charge on any atom is 0.416 e. The Morgan fingerprint density at radius 1 is 0.975 bits per heavy atom. The lowest BCUT2D eigenvalue weighted by Crippen LogP contribution is -2.50. The number of fused-ring (bicyclic) bond motifs is 1. The summed E-state index contributed by atoms with van der Waals surface area (Å²) < 4.78 is 87.7. The van der Waals surface area contributed by atoms with Crippen LogP contribution in [0.2, 0.25) is 0 Å². The number of carboxylic acids is 1. The molecule has 5 rings (SSSR count). The number of hydrogen-bond acceptors (Lipinski definition) is 3. The lowest BCUT2D eigenvalue weighted by molar-refractivity contribution is -0.142. The van der Waals surface area contributed by atoms with Crippen LogP contribution in [0, 0.1) is 11.8 Å². The molecule has 2 aromatic carbocycles. The molecule has 1 N–H and O–H groups in total. The van der Waals surface area contributed by atoms with Crippen molar-refractivity contribution in [2.45, 2.75) is 82.3 Å². The van der Waals surface area contributed by atoms with Crippen molar-refractivity contribution in [1.82, 2.24) is 4.90 Å². The minimum Gasteiger partial charge on any atom is -0.487 e. The van der Waals surface area contributed by atoms with Gasteiger partial charge < -0.3 is 9.84 Å². The molecule has 3 aliphatic rings. The minimum atomic E-state index is -4.77. The Morgan fingerprint density at radius 3 is 2.23 bits per heavy atom. The summed E-state index contributed by atoms with van der Waals surface area (Å²) in [6.45, 7) is 4.02. The summed E-state index contributed by atoms with van der Waals surface area (Å²) in [5, 5.41) is 9.64. The average Bonchev–Trinajstić information content (AvgIpc) is 3.72. The van der Waals surface area contributed by atoms with E-state index in [0.29, 0.717) is 50.0 Å². The van der Waals surface area contributed by atoms with Crippen molar-refractivity contribution in [3.05, 3.63) is 64.2 Å². The number of carboxylic acid groups (broad SMARTS) is 1. The summed E-state index contributed by atoms with van der Waals surface area (Å²) in [7, 11) is 0. The third-order valence-corrected chi connectivity index (χ3v) is 9.10. The monoisotopic (exact) mass is 569 g/mol. The molecule has 10 heteroatoms. The van der Waals surface area contributed by atoms with Crippen LogP contribution in [0.1, 0.15) is 85.7 Å². The molecule has 1 saturated carbocycles. The molecule has 2 fully saturated rings. The fourth-order valence-corrected chi connectivity index (χ4v) is 6.52. The van der Waals surface area contributed by atoms with Crippen LogP contribution in [-0.4, -0.2) is 34.7 Å². The number of hydrogen-bond donors (Lipinski definition) is 1. The van der Waals surface area contributed by atoms with E-state index < -0.39 is 47.0 Å². The number of aryl methyl sites for hydroxylation is 1. The molecule has 40 heavy (non-hydrogen) atoms. The molecule has 0 bridgehead atoms. The Balaban J connectivity index is 1.33. The number of alkyl halides is 6. The molecule has 3 atom stereocenters. The van der Waals surface area contributed by atoms with Crippen LogP contribution >= 0.6 is 0 Å². The maximum absolute atomic E-state index is 13.7. The van der Waals surface area contributed by atoms with Crippen LogP contribution in [-0.2, 0) is 23.6 Å². The zero-order valence-corrected chi connectivity index (χ0v) is 22.4. The molecule has 1 aliphatic carbocycles. The first kappa shape index (κ1) is 28.8.